The Morgan fingerprint density at radius 2 is 2.05 bits per heavy atom. The second-order valence-corrected chi connectivity index (χ2v) is 4.99. The average molecular weight is 256 g/mol. The standard InChI is InChI=1S/C15H16N2O2/c1-10-3-5-11(6-4-10)14(19)13-12(18)9-17-8-2-7-16-15(13)17/h3-6,19H,2,7-9H2,1H3/b14-13-. The molecule has 4 heteroatoms. The molecule has 0 bridgehead atoms. The fourth-order valence-electron chi connectivity index (χ4n) is 2.51. The minimum absolute atomic E-state index is 0.0428. The second kappa shape index (κ2) is 4.53. The Bertz CT molecular complexity index is 585. The number of amidine groups is 1. The maximum absolute atomic E-state index is 12.1. The Balaban J connectivity index is 2.07. The molecule has 0 radical (unpaired) electrons. The molecule has 1 N–H and O–H groups in total. The SMILES string of the molecule is Cc1ccc(/C(O)=C2\C(=O)CN3CCCN=C23)cc1. The number of benzene rings is 1. The Kier molecular flexibility index (Phi) is 2.85. The topological polar surface area (TPSA) is 52.9 Å². The molecule has 0 aliphatic carbocycles. The Morgan fingerprint density at radius 1 is 1.32 bits per heavy atom. The number of rotatable bonds is 1. The minimum Gasteiger partial charge on any atom is -0.506 e. The molecule has 0 amide bonds. The number of hydrogen-bond donors (Lipinski definition) is 1. The summed E-state index contributed by atoms with van der Waals surface area (Å²) < 4.78 is 0. The van der Waals surface area contributed by atoms with Crippen LogP contribution in [0.15, 0.2) is 34.8 Å². The van der Waals surface area contributed by atoms with E-state index in [4.69, 9.17) is 0 Å². The third-order valence-electron chi connectivity index (χ3n) is 3.55. The van der Waals surface area contributed by atoms with Crippen LogP contribution in [0, 0.1) is 6.92 Å². The maximum Gasteiger partial charge on any atom is 0.189 e. The first-order valence-corrected chi connectivity index (χ1v) is 6.50. The lowest BCUT2D eigenvalue weighted by Gasteiger charge is -2.21. The van der Waals surface area contributed by atoms with Crippen molar-refractivity contribution in [3.63, 3.8) is 0 Å². The molecular weight excluding hydrogens is 240 g/mol. The van der Waals surface area contributed by atoms with Crippen molar-refractivity contribution in [1.29, 1.82) is 0 Å². The van der Waals surface area contributed by atoms with Gasteiger partial charge >= 0.3 is 0 Å². The zero-order valence-electron chi connectivity index (χ0n) is 10.9. The first-order chi connectivity index (χ1) is 9.16. The van der Waals surface area contributed by atoms with E-state index in [-0.39, 0.29) is 11.5 Å². The summed E-state index contributed by atoms with van der Waals surface area (Å²) in [6.07, 6.45) is 0.968. The van der Waals surface area contributed by atoms with Crippen LogP contribution >= 0.6 is 0 Å². The maximum atomic E-state index is 12.1. The van der Waals surface area contributed by atoms with Gasteiger partial charge in [0.05, 0.1) is 6.54 Å². The number of aryl methyl sites for hydroxylation is 1. The largest absolute Gasteiger partial charge is 0.506 e. The smallest absolute Gasteiger partial charge is 0.189 e. The van der Waals surface area contributed by atoms with Gasteiger partial charge < -0.3 is 10.0 Å². The number of ketones is 1. The molecule has 0 atom stereocenters. The van der Waals surface area contributed by atoms with Crippen molar-refractivity contribution in [3.8, 4) is 0 Å². The van der Waals surface area contributed by atoms with Crippen LogP contribution in [0.1, 0.15) is 17.5 Å². The molecule has 19 heavy (non-hydrogen) atoms. The van der Waals surface area contributed by atoms with Gasteiger partial charge in [0.2, 0.25) is 0 Å². The van der Waals surface area contributed by atoms with Crippen LogP contribution in [0.25, 0.3) is 5.76 Å². The van der Waals surface area contributed by atoms with Crippen LogP contribution in [0.2, 0.25) is 0 Å². The number of carbonyl (C=O) groups is 1. The number of aliphatic imine (C=N–C) groups is 1. The van der Waals surface area contributed by atoms with E-state index in [1.165, 1.54) is 0 Å². The van der Waals surface area contributed by atoms with E-state index < -0.39 is 0 Å². The molecule has 0 unspecified atom stereocenters. The van der Waals surface area contributed by atoms with Crippen LogP contribution in [0.5, 0.6) is 0 Å². The molecule has 2 heterocycles. The van der Waals surface area contributed by atoms with E-state index in [0.29, 0.717) is 23.5 Å². The van der Waals surface area contributed by atoms with Crippen molar-refractivity contribution >= 4 is 17.4 Å². The molecule has 2 aliphatic heterocycles. The summed E-state index contributed by atoms with van der Waals surface area (Å²) in [5.74, 6) is 0.668. The van der Waals surface area contributed by atoms with Crippen molar-refractivity contribution in [1.82, 2.24) is 4.90 Å². The molecular formula is C15H16N2O2. The van der Waals surface area contributed by atoms with Gasteiger partial charge in [-0.05, 0) is 13.3 Å². The van der Waals surface area contributed by atoms with Gasteiger partial charge in [0, 0.05) is 18.7 Å². The molecule has 0 saturated carbocycles. The van der Waals surface area contributed by atoms with Gasteiger partial charge in [-0.2, -0.15) is 0 Å². The van der Waals surface area contributed by atoms with Gasteiger partial charge in [-0.25, -0.2) is 0 Å². The Hall–Kier alpha value is -2.10. The number of Topliss-reactive ketones (excluding diaryl/α,β-unsaturated/α-hetero) is 1. The summed E-state index contributed by atoms with van der Waals surface area (Å²) >= 11 is 0. The summed E-state index contributed by atoms with van der Waals surface area (Å²) in [6, 6.07) is 7.51. The molecule has 0 aromatic heterocycles. The monoisotopic (exact) mass is 256 g/mol. The van der Waals surface area contributed by atoms with Crippen LogP contribution < -0.4 is 0 Å². The predicted octanol–water partition coefficient (Wildman–Crippen LogP) is 1.95. The van der Waals surface area contributed by atoms with Gasteiger partial charge in [-0.3, -0.25) is 9.79 Å². The zero-order valence-corrected chi connectivity index (χ0v) is 10.9. The molecule has 1 aromatic rings. The lowest BCUT2D eigenvalue weighted by atomic mass is 10.0. The highest BCUT2D eigenvalue weighted by atomic mass is 16.3. The molecule has 2 aliphatic rings. The zero-order chi connectivity index (χ0) is 13.4. The van der Waals surface area contributed by atoms with Gasteiger partial charge in [0.1, 0.15) is 17.2 Å². The van der Waals surface area contributed by atoms with E-state index in [1.54, 1.807) is 0 Å². The normalized spacial score (nSPS) is 21.2. The van der Waals surface area contributed by atoms with Gasteiger partial charge in [0.25, 0.3) is 0 Å². The average Bonchev–Trinajstić information content (AvgIpc) is 2.74. The molecule has 1 saturated heterocycles. The van der Waals surface area contributed by atoms with Crippen LogP contribution in [-0.2, 0) is 4.79 Å². The van der Waals surface area contributed by atoms with Crippen LogP contribution in [0.4, 0.5) is 0 Å². The van der Waals surface area contributed by atoms with Crippen molar-refractivity contribution in [2.45, 2.75) is 13.3 Å². The number of carbonyl (C=O) groups excluding carboxylic acids is 1. The van der Waals surface area contributed by atoms with E-state index in [0.717, 1.165) is 25.1 Å². The molecule has 3 rings (SSSR count). The second-order valence-electron chi connectivity index (χ2n) is 4.99. The first-order valence-electron chi connectivity index (χ1n) is 6.50. The highest BCUT2D eigenvalue weighted by molar-refractivity contribution is 6.30. The lowest BCUT2D eigenvalue weighted by molar-refractivity contribution is -0.114. The van der Waals surface area contributed by atoms with Crippen molar-refractivity contribution in [3.05, 3.63) is 41.0 Å². The van der Waals surface area contributed by atoms with E-state index in [9.17, 15) is 9.90 Å². The van der Waals surface area contributed by atoms with Crippen LogP contribution in [-0.4, -0.2) is 41.3 Å². The number of aliphatic hydroxyl groups is 1. The molecule has 98 valence electrons. The summed E-state index contributed by atoms with van der Waals surface area (Å²) in [5, 5.41) is 10.4. The fraction of sp³-hybridized carbons (Fsp3) is 0.333. The number of aliphatic hydroxyl groups excluding tert-OH is 1. The van der Waals surface area contributed by atoms with Crippen molar-refractivity contribution in [2.75, 3.05) is 19.6 Å². The number of hydrogen-bond acceptors (Lipinski definition) is 4. The van der Waals surface area contributed by atoms with Crippen molar-refractivity contribution < 1.29 is 9.90 Å². The van der Waals surface area contributed by atoms with Gasteiger partial charge in [-0.15, -0.1) is 0 Å². The fourth-order valence-corrected chi connectivity index (χ4v) is 2.51. The summed E-state index contributed by atoms with van der Waals surface area (Å²) in [5.41, 5.74) is 2.17. The Morgan fingerprint density at radius 3 is 2.79 bits per heavy atom. The highest BCUT2D eigenvalue weighted by Crippen LogP contribution is 2.26. The van der Waals surface area contributed by atoms with Crippen LogP contribution in [0.3, 0.4) is 0 Å². The van der Waals surface area contributed by atoms with Gasteiger partial charge in [-0.1, -0.05) is 29.8 Å². The molecule has 0 spiro atoms. The highest BCUT2D eigenvalue weighted by Gasteiger charge is 2.35. The van der Waals surface area contributed by atoms with Crippen molar-refractivity contribution in [2.24, 2.45) is 4.99 Å². The quantitative estimate of drug-likeness (QED) is 0.617. The molecule has 4 nitrogen and oxygen atoms in total. The molecule has 1 aromatic carbocycles. The summed E-state index contributed by atoms with van der Waals surface area (Å²) in [7, 11) is 0. The third-order valence-corrected chi connectivity index (χ3v) is 3.55. The van der Waals surface area contributed by atoms with E-state index in [2.05, 4.69) is 4.99 Å². The molecule has 1 fully saturated rings. The minimum atomic E-state index is -0.0428. The van der Waals surface area contributed by atoms with E-state index in [1.807, 2.05) is 36.1 Å². The van der Waals surface area contributed by atoms with E-state index >= 15 is 0 Å². The first kappa shape index (κ1) is 12.0. The number of nitrogens with zero attached hydrogens (tertiary/aromatic N) is 2. The number of fused-ring (bicyclic) bond motifs is 1. The van der Waals surface area contributed by atoms with Gasteiger partial charge in [0.15, 0.2) is 5.78 Å². The Labute approximate surface area is 112 Å². The summed E-state index contributed by atoms with van der Waals surface area (Å²) in [4.78, 5) is 18.4. The predicted molar refractivity (Wildman–Crippen MR) is 74.2 cm³/mol. The summed E-state index contributed by atoms with van der Waals surface area (Å²) in [6.45, 7) is 3.89. The third kappa shape index (κ3) is 2.03. The lowest BCUT2D eigenvalue weighted by Crippen LogP contribution is -2.31.